The van der Waals surface area contributed by atoms with Crippen LogP contribution in [0.3, 0.4) is 0 Å². The molecule has 2 aliphatic rings. The molecule has 2 saturated heterocycles. The van der Waals surface area contributed by atoms with Crippen molar-refractivity contribution in [2.24, 2.45) is 11.8 Å². The maximum atomic E-state index is 12.0. The minimum absolute atomic E-state index is 0.125. The van der Waals surface area contributed by atoms with Gasteiger partial charge in [-0.1, -0.05) is 22.9 Å². The molecule has 0 aromatic rings. The molecule has 14 heavy (non-hydrogen) atoms. The van der Waals surface area contributed by atoms with Crippen molar-refractivity contribution in [3.05, 3.63) is 0 Å². The van der Waals surface area contributed by atoms with Crippen LogP contribution in [0.1, 0.15) is 13.3 Å². The van der Waals surface area contributed by atoms with Crippen LogP contribution in [0.4, 0.5) is 0 Å². The lowest BCUT2D eigenvalue weighted by molar-refractivity contribution is -0.134. The summed E-state index contributed by atoms with van der Waals surface area (Å²) >= 11 is 3.60. The summed E-state index contributed by atoms with van der Waals surface area (Å²) in [6, 6.07) is 0. The summed E-state index contributed by atoms with van der Waals surface area (Å²) in [5, 5.41) is 0. The molecule has 80 valence electrons. The average molecular weight is 262 g/mol. The van der Waals surface area contributed by atoms with Crippen molar-refractivity contribution in [2.75, 3.05) is 26.3 Å². The van der Waals surface area contributed by atoms with Crippen LogP contribution in [0, 0.1) is 11.8 Å². The standard InChI is InChI=1S/C10H16BrNO2/c1-7-4-12(5-9(7)11)10(13)8-2-3-14-6-8/h7-9H,2-6H2,1H3. The van der Waals surface area contributed by atoms with Gasteiger partial charge in [0.2, 0.25) is 5.91 Å². The molecule has 0 aromatic carbocycles. The Morgan fingerprint density at radius 3 is 2.79 bits per heavy atom. The third-order valence-electron chi connectivity index (χ3n) is 3.11. The Kier molecular flexibility index (Phi) is 3.12. The predicted octanol–water partition coefficient (Wildman–Crippen LogP) is 1.26. The highest BCUT2D eigenvalue weighted by Crippen LogP contribution is 2.26. The Morgan fingerprint density at radius 1 is 1.50 bits per heavy atom. The monoisotopic (exact) mass is 261 g/mol. The minimum Gasteiger partial charge on any atom is -0.381 e. The van der Waals surface area contributed by atoms with Crippen LogP contribution in [0.2, 0.25) is 0 Å². The van der Waals surface area contributed by atoms with Crippen molar-refractivity contribution in [1.82, 2.24) is 4.90 Å². The van der Waals surface area contributed by atoms with E-state index in [1.54, 1.807) is 0 Å². The summed E-state index contributed by atoms with van der Waals surface area (Å²) in [5.74, 6) is 0.984. The Morgan fingerprint density at radius 2 is 2.29 bits per heavy atom. The molecule has 1 amide bonds. The van der Waals surface area contributed by atoms with Crippen LogP contribution in [-0.4, -0.2) is 41.9 Å². The van der Waals surface area contributed by atoms with E-state index >= 15 is 0 Å². The second kappa shape index (κ2) is 4.19. The second-order valence-corrected chi connectivity index (χ2v) is 5.47. The fraction of sp³-hybridized carbons (Fsp3) is 0.900. The molecule has 0 spiro atoms. The van der Waals surface area contributed by atoms with Crippen molar-refractivity contribution in [2.45, 2.75) is 18.2 Å². The predicted molar refractivity (Wildman–Crippen MR) is 57.4 cm³/mol. The molecule has 0 bridgehead atoms. The van der Waals surface area contributed by atoms with Gasteiger partial charge in [0.15, 0.2) is 0 Å². The third-order valence-corrected chi connectivity index (χ3v) is 4.30. The van der Waals surface area contributed by atoms with E-state index in [-0.39, 0.29) is 11.8 Å². The number of alkyl halides is 1. The summed E-state index contributed by atoms with van der Waals surface area (Å²) in [5.41, 5.74) is 0. The van der Waals surface area contributed by atoms with E-state index in [1.165, 1.54) is 0 Å². The number of likely N-dealkylation sites (tertiary alicyclic amines) is 1. The molecule has 3 atom stereocenters. The van der Waals surface area contributed by atoms with Gasteiger partial charge >= 0.3 is 0 Å². The summed E-state index contributed by atoms with van der Waals surface area (Å²) in [6.45, 7) is 5.30. The number of halogens is 1. The lowest BCUT2D eigenvalue weighted by Crippen LogP contribution is -2.35. The molecule has 2 heterocycles. The van der Waals surface area contributed by atoms with Crippen molar-refractivity contribution < 1.29 is 9.53 Å². The quantitative estimate of drug-likeness (QED) is 0.666. The van der Waals surface area contributed by atoms with Crippen molar-refractivity contribution in [1.29, 1.82) is 0 Å². The summed E-state index contributed by atoms with van der Waals surface area (Å²) < 4.78 is 5.23. The van der Waals surface area contributed by atoms with Crippen LogP contribution < -0.4 is 0 Å². The Hall–Kier alpha value is -0.0900. The number of hydrogen-bond acceptors (Lipinski definition) is 2. The van der Waals surface area contributed by atoms with Gasteiger partial charge in [-0.15, -0.1) is 0 Å². The van der Waals surface area contributed by atoms with Crippen molar-refractivity contribution >= 4 is 21.8 Å². The van der Waals surface area contributed by atoms with Gasteiger partial charge in [0.05, 0.1) is 12.5 Å². The fourth-order valence-electron chi connectivity index (χ4n) is 2.09. The zero-order valence-corrected chi connectivity index (χ0v) is 10.00. The smallest absolute Gasteiger partial charge is 0.228 e. The molecular weight excluding hydrogens is 246 g/mol. The normalized spacial score (nSPS) is 37.9. The molecule has 0 N–H and O–H groups in total. The number of amides is 1. The van der Waals surface area contributed by atoms with Gasteiger partial charge in [-0.3, -0.25) is 4.79 Å². The number of ether oxygens (including phenoxy) is 1. The highest BCUT2D eigenvalue weighted by atomic mass is 79.9. The number of hydrogen-bond donors (Lipinski definition) is 0. The molecule has 0 aromatic heterocycles. The molecule has 2 fully saturated rings. The van der Waals surface area contributed by atoms with Gasteiger partial charge in [-0.2, -0.15) is 0 Å². The minimum atomic E-state index is 0.125. The van der Waals surface area contributed by atoms with Crippen LogP contribution in [0.5, 0.6) is 0 Å². The van der Waals surface area contributed by atoms with E-state index in [2.05, 4.69) is 22.9 Å². The lowest BCUT2D eigenvalue weighted by atomic mass is 10.1. The second-order valence-electron chi connectivity index (χ2n) is 4.30. The first kappa shape index (κ1) is 10.4. The highest BCUT2D eigenvalue weighted by Gasteiger charge is 2.35. The highest BCUT2D eigenvalue weighted by molar-refractivity contribution is 9.09. The van der Waals surface area contributed by atoms with E-state index in [0.717, 1.165) is 26.1 Å². The van der Waals surface area contributed by atoms with Gasteiger partial charge in [-0.25, -0.2) is 0 Å². The molecule has 4 heteroatoms. The first-order chi connectivity index (χ1) is 6.68. The number of nitrogens with zero attached hydrogens (tertiary/aromatic N) is 1. The number of carbonyl (C=O) groups excluding carboxylic acids is 1. The molecule has 3 unspecified atom stereocenters. The topological polar surface area (TPSA) is 29.5 Å². The summed E-state index contributed by atoms with van der Waals surface area (Å²) in [7, 11) is 0. The van der Waals surface area contributed by atoms with Gasteiger partial charge < -0.3 is 9.64 Å². The van der Waals surface area contributed by atoms with E-state index in [0.29, 0.717) is 17.4 Å². The van der Waals surface area contributed by atoms with Crippen LogP contribution in [0.25, 0.3) is 0 Å². The Balaban J connectivity index is 1.92. The van der Waals surface area contributed by atoms with E-state index < -0.39 is 0 Å². The van der Waals surface area contributed by atoms with Gasteiger partial charge in [0, 0.05) is 24.5 Å². The van der Waals surface area contributed by atoms with Crippen molar-refractivity contribution in [3.8, 4) is 0 Å². The third kappa shape index (κ3) is 1.96. The molecule has 2 aliphatic heterocycles. The van der Waals surface area contributed by atoms with Gasteiger partial charge in [0.25, 0.3) is 0 Å². The van der Waals surface area contributed by atoms with E-state index in [1.807, 2.05) is 4.90 Å². The maximum Gasteiger partial charge on any atom is 0.228 e. The molecule has 0 aliphatic carbocycles. The van der Waals surface area contributed by atoms with Crippen LogP contribution >= 0.6 is 15.9 Å². The summed E-state index contributed by atoms with van der Waals surface area (Å²) in [4.78, 5) is 14.4. The average Bonchev–Trinajstić information content (AvgIpc) is 2.76. The zero-order valence-electron chi connectivity index (χ0n) is 8.41. The molecular formula is C10H16BrNO2. The number of carbonyl (C=O) groups is 1. The Bertz CT molecular complexity index is 218. The zero-order chi connectivity index (χ0) is 10.1. The van der Waals surface area contributed by atoms with Gasteiger partial charge in [-0.05, 0) is 12.3 Å². The fourth-order valence-corrected chi connectivity index (χ4v) is 2.61. The molecule has 0 radical (unpaired) electrons. The molecule has 0 saturated carbocycles. The number of rotatable bonds is 1. The lowest BCUT2D eigenvalue weighted by Gasteiger charge is -2.19. The van der Waals surface area contributed by atoms with Gasteiger partial charge in [0.1, 0.15) is 0 Å². The van der Waals surface area contributed by atoms with E-state index in [9.17, 15) is 4.79 Å². The first-order valence-electron chi connectivity index (χ1n) is 5.19. The maximum absolute atomic E-state index is 12.0. The van der Waals surface area contributed by atoms with Crippen LogP contribution in [-0.2, 0) is 9.53 Å². The van der Waals surface area contributed by atoms with E-state index in [4.69, 9.17) is 4.74 Å². The summed E-state index contributed by atoms with van der Waals surface area (Å²) in [6.07, 6.45) is 0.899. The Labute approximate surface area is 92.9 Å². The molecule has 3 nitrogen and oxygen atoms in total. The molecule has 2 rings (SSSR count). The SMILES string of the molecule is CC1CN(C(=O)C2CCOC2)CC1Br. The van der Waals surface area contributed by atoms with Crippen molar-refractivity contribution in [3.63, 3.8) is 0 Å². The first-order valence-corrected chi connectivity index (χ1v) is 6.10. The van der Waals surface area contributed by atoms with Crippen LogP contribution in [0.15, 0.2) is 0 Å². The largest absolute Gasteiger partial charge is 0.381 e.